The standard InChI is InChI=1S/C13H17N3OS/c1-16(2)7-10-14-12(17)11-8-5-3-4-6-9(8)18-13(11)15-10/h3-7H2,1-2H3,(H,14,15,17). The summed E-state index contributed by atoms with van der Waals surface area (Å²) in [7, 11) is 3.95. The summed E-state index contributed by atoms with van der Waals surface area (Å²) in [5.41, 5.74) is 1.29. The van der Waals surface area contributed by atoms with Crippen molar-refractivity contribution in [3.63, 3.8) is 0 Å². The largest absolute Gasteiger partial charge is 0.309 e. The molecule has 0 saturated heterocycles. The van der Waals surface area contributed by atoms with E-state index in [1.54, 1.807) is 11.3 Å². The van der Waals surface area contributed by atoms with Crippen molar-refractivity contribution in [2.24, 2.45) is 0 Å². The zero-order valence-corrected chi connectivity index (χ0v) is 11.6. The molecule has 0 fully saturated rings. The predicted molar refractivity (Wildman–Crippen MR) is 74.3 cm³/mol. The Morgan fingerprint density at radius 3 is 2.89 bits per heavy atom. The quantitative estimate of drug-likeness (QED) is 0.900. The van der Waals surface area contributed by atoms with Gasteiger partial charge >= 0.3 is 0 Å². The summed E-state index contributed by atoms with van der Waals surface area (Å²) < 4.78 is 0. The predicted octanol–water partition coefficient (Wildman–Crippen LogP) is 1.93. The van der Waals surface area contributed by atoms with Crippen LogP contribution in [-0.2, 0) is 19.4 Å². The zero-order chi connectivity index (χ0) is 12.7. The van der Waals surface area contributed by atoms with E-state index in [1.807, 2.05) is 19.0 Å². The normalized spacial score (nSPS) is 15.3. The first-order valence-corrected chi connectivity index (χ1v) is 7.15. The monoisotopic (exact) mass is 263 g/mol. The molecule has 4 nitrogen and oxygen atoms in total. The Morgan fingerprint density at radius 1 is 1.33 bits per heavy atom. The summed E-state index contributed by atoms with van der Waals surface area (Å²) in [5, 5.41) is 0.845. The smallest absolute Gasteiger partial charge is 0.259 e. The highest BCUT2D eigenvalue weighted by Gasteiger charge is 2.19. The molecule has 0 bridgehead atoms. The fraction of sp³-hybridized carbons (Fsp3) is 0.538. The summed E-state index contributed by atoms with van der Waals surface area (Å²) >= 11 is 1.71. The molecule has 1 N–H and O–H groups in total. The molecule has 2 heterocycles. The van der Waals surface area contributed by atoms with Gasteiger partial charge in [0, 0.05) is 4.88 Å². The molecule has 1 aliphatic rings. The summed E-state index contributed by atoms with van der Waals surface area (Å²) in [5.74, 6) is 0.760. The number of nitrogens with zero attached hydrogens (tertiary/aromatic N) is 2. The van der Waals surface area contributed by atoms with Crippen LogP contribution in [0.5, 0.6) is 0 Å². The first-order chi connectivity index (χ1) is 8.65. The molecule has 2 aromatic heterocycles. The van der Waals surface area contributed by atoms with Gasteiger partial charge in [0.2, 0.25) is 0 Å². The molecule has 3 rings (SSSR count). The number of hydrogen-bond donors (Lipinski definition) is 1. The molecule has 2 aromatic rings. The summed E-state index contributed by atoms with van der Waals surface area (Å²) in [6, 6.07) is 0. The van der Waals surface area contributed by atoms with Gasteiger partial charge in [-0.3, -0.25) is 4.79 Å². The maximum atomic E-state index is 12.2. The molecular weight excluding hydrogens is 246 g/mol. The molecule has 0 radical (unpaired) electrons. The maximum absolute atomic E-state index is 12.2. The number of fused-ring (bicyclic) bond motifs is 3. The van der Waals surface area contributed by atoms with Crippen molar-refractivity contribution < 1.29 is 0 Å². The van der Waals surface area contributed by atoms with Gasteiger partial charge in [-0.1, -0.05) is 0 Å². The van der Waals surface area contributed by atoms with Crippen molar-refractivity contribution in [1.29, 1.82) is 0 Å². The minimum atomic E-state index is 0.0382. The SMILES string of the molecule is CN(C)Cc1nc2sc3c(c2c(=O)[nH]1)CCCC3. The minimum Gasteiger partial charge on any atom is -0.309 e. The number of hydrogen-bond acceptors (Lipinski definition) is 4. The van der Waals surface area contributed by atoms with Crippen LogP contribution >= 0.6 is 11.3 Å². The molecule has 96 valence electrons. The number of aryl methyl sites for hydroxylation is 2. The Bertz CT molecular complexity index is 641. The Kier molecular flexibility index (Phi) is 2.95. The first kappa shape index (κ1) is 11.9. The second kappa shape index (κ2) is 4.48. The van der Waals surface area contributed by atoms with Crippen LogP contribution in [-0.4, -0.2) is 29.0 Å². The average molecular weight is 263 g/mol. The van der Waals surface area contributed by atoms with Crippen molar-refractivity contribution in [3.8, 4) is 0 Å². The van der Waals surface area contributed by atoms with E-state index in [1.165, 1.54) is 23.3 Å². The van der Waals surface area contributed by atoms with Crippen LogP contribution in [0.15, 0.2) is 4.79 Å². The van der Waals surface area contributed by atoms with E-state index >= 15 is 0 Å². The lowest BCUT2D eigenvalue weighted by molar-refractivity contribution is 0.390. The van der Waals surface area contributed by atoms with Crippen molar-refractivity contribution in [2.45, 2.75) is 32.2 Å². The Hall–Kier alpha value is -1.20. The van der Waals surface area contributed by atoms with Gasteiger partial charge in [-0.05, 0) is 45.3 Å². The van der Waals surface area contributed by atoms with Crippen LogP contribution in [0.1, 0.15) is 29.1 Å². The number of aromatic amines is 1. The Balaban J connectivity index is 2.17. The highest BCUT2D eigenvalue weighted by molar-refractivity contribution is 7.18. The second-order valence-corrected chi connectivity index (χ2v) is 6.23. The van der Waals surface area contributed by atoms with Gasteiger partial charge < -0.3 is 9.88 Å². The zero-order valence-electron chi connectivity index (χ0n) is 10.7. The summed E-state index contributed by atoms with van der Waals surface area (Å²) in [6.07, 6.45) is 4.58. The number of thiophene rings is 1. The number of nitrogens with one attached hydrogen (secondary N) is 1. The maximum Gasteiger partial charge on any atom is 0.259 e. The Morgan fingerprint density at radius 2 is 2.11 bits per heavy atom. The lowest BCUT2D eigenvalue weighted by Crippen LogP contribution is -2.18. The number of H-pyrrole nitrogens is 1. The Labute approximate surface area is 110 Å². The van der Waals surface area contributed by atoms with E-state index in [4.69, 9.17) is 0 Å². The lowest BCUT2D eigenvalue weighted by atomic mass is 9.97. The molecule has 0 atom stereocenters. The molecule has 0 spiro atoms. The first-order valence-electron chi connectivity index (χ1n) is 6.33. The molecule has 18 heavy (non-hydrogen) atoms. The van der Waals surface area contributed by atoms with E-state index in [-0.39, 0.29) is 5.56 Å². The van der Waals surface area contributed by atoms with Crippen LogP contribution in [0.2, 0.25) is 0 Å². The topological polar surface area (TPSA) is 49.0 Å². The molecule has 0 aliphatic heterocycles. The van der Waals surface area contributed by atoms with Gasteiger partial charge in [0.25, 0.3) is 5.56 Å². The van der Waals surface area contributed by atoms with E-state index in [2.05, 4.69) is 9.97 Å². The van der Waals surface area contributed by atoms with Crippen molar-refractivity contribution >= 4 is 21.6 Å². The molecule has 1 aliphatic carbocycles. The van der Waals surface area contributed by atoms with Crippen LogP contribution in [0, 0.1) is 0 Å². The molecule has 0 unspecified atom stereocenters. The molecule has 0 aromatic carbocycles. The van der Waals surface area contributed by atoms with Crippen LogP contribution in [0.25, 0.3) is 10.2 Å². The van der Waals surface area contributed by atoms with Gasteiger partial charge in [-0.15, -0.1) is 11.3 Å². The fourth-order valence-electron chi connectivity index (χ4n) is 2.58. The van der Waals surface area contributed by atoms with Gasteiger partial charge in [0.1, 0.15) is 10.7 Å². The van der Waals surface area contributed by atoms with Crippen LogP contribution < -0.4 is 5.56 Å². The van der Waals surface area contributed by atoms with Gasteiger partial charge in [-0.2, -0.15) is 0 Å². The third-order valence-corrected chi connectivity index (χ3v) is 4.53. The third kappa shape index (κ3) is 1.97. The third-order valence-electron chi connectivity index (χ3n) is 3.34. The van der Waals surface area contributed by atoms with Crippen molar-refractivity contribution in [3.05, 3.63) is 26.6 Å². The van der Waals surface area contributed by atoms with E-state index in [0.29, 0.717) is 6.54 Å². The fourth-order valence-corrected chi connectivity index (χ4v) is 3.86. The van der Waals surface area contributed by atoms with Crippen LogP contribution in [0.3, 0.4) is 0 Å². The highest BCUT2D eigenvalue weighted by atomic mass is 32.1. The minimum absolute atomic E-state index is 0.0382. The van der Waals surface area contributed by atoms with Gasteiger partial charge in [0.15, 0.2) is 0 Å². The van der Waals surface area contributed by atoms with Gasteiger partial charge in [-0.25, -0.2) is 4.98 Å². The molecule has 5 heteroatoms. The molecular formula is C13H17N3OS. The second-order valence-electron chi connectivity index (χ2n) is 5.14. The van der Waals surface area contributed by atoms with E-state index in [0.717, 1.165) is 28.9 Å². The van der Waals surface area contributed by atoms with Crippen LogP contribution in [0.4, 0.5) is 0 Å². The van der Waals surface area contributed by atoms with E-state index in [9.17, 15) is 4.79 Å². The summed E-state index contributed by atoms with van der Waals surface area (Å²) in [6.45, 7) is 0.674. The lowest BCUT2D eigenvalue weighted by Gasteiger charge is -2.10. The highest BCUT2D eigenvalue weighted by Crippen LogP contribution is 2.33. The molecule has 0 amide bonds. The average Bonchev–Trinajstić information content (AvgIpc) is 2.66. The molecule has 0 saturated carbocycles. The number of rotatable bonds is 2. The number of aromatic nitrogens is 2. The van der Waals surface area contributed by atoms with Crippen molar-refractivity contribution in [2.75, 3.05) is 14.1 Å². The summed E-state index contributed by atoms with van der Waals surface area (Å²) in [4.78, 5) is 24.0. The van der Waals surface area contributed by atoms with E-state index < -0.39 is 0 Å². The van der Waals surface area contributed by atoms with Gasteiger partial charge in [0.05, 0.1) is 11.9 Å². The van der Waals surface area contributed by atoms with Crippen molar-refractivity contribution in [1.82, 2.24) is 14.9 Å².